The molecule has 1 aliphatic heterocycles. The molecule has 0 radical (unpaired) electrons. The SMILES string of the molecule is Cc1cccc(N2CCN(CC(O)COc3ccc(F)cc3C(=O)CCc3ccccc3)CC2)c1.Cl. The fourth-order valence-electron chi connectivity index (χ4n) is 4.43. The summed E-state index contributed by atoms with van der Waals surface area (Å²) in [4.78, 5) is 17.4. The molecule has 0 bridgehead atoms. The topological polar surface area (TPSA) is 53.0 Å². The molecule has 1 N–H and O–H groups in total. The first-order chi connectivity index (χ1) is 17.0. The molecule has 1 heterocycles. The molecule has 3 aromatic rings. The quantitative estimate of drug-likeness (QED) is 0.390. The van der Waals surface area contributed by atoms with Crippen LogP contribution >= 0.6 is 12.4 Å². The average Bonchev–Trinajstić information content (AvgIpc) is 2.87. The number of benzene rings is 3. The summed E-state index contributed by atoms with van der Waals surface area (Å²) in [6, 6.07) is 22.2. The van der Waals surface area contributed by atoms with Gasteiger partial charge in [0, 0.05) is 44.8 Å². The highest BCUT2D eigenvalue weighted by Gasteiger charge is 2.21. The van der Waals surface area contributed by atoms with E-state index in [0.717, 1.165) is 31.7 Å². The van der Waals surface area contributed by atoms with E-state index in [1.807, 2.05) is 30.3 Å². The van der Waals surface area contributed by atoms with E-state index in [1.165, 1.54) is 29.4 Å². The minimum Gasteiger partial charge on any atom is -0.490 e. The van der Waals surface area contributed by atoms with Gasteiger partial charge in [0.25, 0.3) is 0 Å². The minimum atomic E-state index is -0.710. The van der Waals surface area contributed by atoms with Crippen LogP contribution in [0.15, 0.2) is 72.8 Å². The number of nitrogens with zero attached hydrogens (tertiary/aromatic N) is 2. The van der Waals surface area contributed by atoms with Crippen molar-refractivity contribution in [2.75, 3.05) is 44.2 Å². The molecule has 0 aliphatic carbocycles. The number of hydrogen-bond donors (Lipinski definition) is 1. The number of aliphatic hydroxyl groups excluding tert-OH is 1. The first kappa shape index (κ1) is 27.7. The van der Waals surface area contributed by atoms with Crippen molar-refractivity contribution in [1.82, 2.24) is 4.90 Å². The van der Waals surface area contributed by atoms with Crippen LogP contribution in [0, 0.1) is 12.7 Å². The monoisotopic (exact) mass is 512 g/mol. The number of aryl methyl sites for hydroxylation is 2. The van der Waals surface area contributed by atoms with Gasteiger partial charge in [0.1, 0.15) is 24.3 Å². The summed E-state index contributed by atoms with van der Waals surface area (Å²) in [5.74, 6) is -0.342. The third-order valence-corrected chi connectivity index (χ3v) is 6.36. The molecule has 1 fully saturated rings. The highest BCUT2D eigenvalue weighted by molar-refractivity contribution is 5.98. The second kappa shape index (κ2) is 13.4. The van der Waals surface area contributed by atoms with Gasteiger partial charge >= 0.3 is 0 Å². The van der Waals surface area contributed by atoms with E-state index >= 15 is 0 Å². The smallest absolute Gasteiger partial charge is 0.167 e. The van der Waals surface area contributed by atoms with Crippen molar-refractivity contribution in [2.45, 2.75) is 25.9 Å². The van der Waals surface area contributed by atoms with E-state index in [-0.39, 0.29) is 36.8 Å². The zero-order valence-electron chi connectivity index (χ0n) is 20.6. The molecule has 0 spiro atoms. The molecule has 7 heteroatoms. The number of carbonyl (C=O) groups is 1. The van der Waals surface area contributed by atoms with Crippen molar-refractivity contribution in [2.24, 2.45) is 0 Å². The molecule has 4 rings (SSSR count). The number of hydrogen-bond acceptors (Lipinski definition) is 5. The molecule has 192 valence electrons. The number of Topliss-reactive ketones (excluding diaryl/α,β-unsaturated/α-hetero) is 1. The molecule has 1 atom stereocenters. The van der Waals surface area contributed by atoms with E-state index in [2.05, 4.69) is 41.0 Å². The summed E-state index contributed by atoms with van der Waals surface area (Å²) in [6.07, 6.45) is 0.127. The van der Waals surface area contributed by atoms with Gasteiger partial charge in [-0.1, -0.05) is 42.5 Å². The fraction of sp³-hybridized carbons (Fsp3) is 0.345. The molecule has 36 heavy (non-hydrogen) atoms. The van der Waals surface area contributed by atoms with Crippen molar-refractivity contribution in [1.29, 1.82) is 0 Å². The minimum absolute atomic E-state index is 0. The predicted octanol–water partition coefficient (Wildman–Crippen LogP) is 4.93. The number of piperazine rings is 1. The molecule has 1 unspecified atom stereocenters. The summed E-state index contributed by atoms with van der Waals surface area (Å²) >= 11 is 0. The number of halogens is 2. The van der Waals surface area contributed by atoms with Gasteiger partial charge in [-0.3, -0.25) is 9.69 Å². The molecular weight excluding hydrogens is 479 g/mol. The van der Waals surface area contributed by atoms with Crippen molar-refractivity contribution >= 4 is 23.9 Å². The number of ketones is 1. The maximum absolute atomic E-state index is 13.9. The third-order valence-electron chi connectivity index (χ3n) is 6.36. The lowest BCUT2D eigenvalue weighted by molar-refractivity contribution is 0.0655. The number of rotatable bonds is 10. The molecule has 0 aromatic heterocycles. The van der Waals surface area contributed by atoms with E-state index in [4.69, 9.17) is 4.74 Å². The summed E-state index contributed by atoms with van der Waals surface area (Å²) in [6.45, 7) is 6.13. The first-order valence-corrected chi connectivity index (χ1v) is 12.2. The lowest BCUT2D eigenvalue weighted by Gasteiger charge is -2.37. The third kappa shape index (κ3) is 7.79. The normalized spacial score (nSPS) is 14.7. The van der Waals surface area contributed by atoms with E-state index in [0.29, 0.717) is 18.7 Å². The van der Waals surface area contributed by atoms with Crippen LogP contribution in [0.5, 0.6) is 5.75 Å². The zero-order chi connectivity index (χ0) is 24.6. The summed E-state index contributed by atoms with van der Waals surface area (Å²) in [5.41, 5.74) is 3.75. The molecule has 1 aliphatic rings. The first-order valence-electron chi connectivity index (χ1n) is 12.2. The van der Waals surface area contributed by atoms with Crippen LogP contribution in [0.2, 0.25) is 0 Å². The lowest BCUT2D eigenvalue weighted by Crippen LogP contribution is -2.49. The Labute approximate surface area is 218 Å². The average molecular weight is 513 g/mol. The Balaban J connectivity index is 0.00000361. The van der Waals surface area contributed by atoms with Crippen molar-refractivity contribution in [3.8, 4) is 5.75 Å². The van der Waals surface area contributed by atoms with Crippen molar-refractivity contribution in [3.63, 3.8) is 0 Å². The molecule has 1 saturated heterocycles. The Kier molecular flexibility index (Phi) is 10.3. The Hall–Kier alpha value is -2.93. The maximum Gasteiger partial charge on any atom is 0.167 e. The molecule has 3 aromatic carbocycles. The van der Waals surface area contributed by atoms with Gasteiger partial charge in [-0.25, -0.2) is 4.39 Å². The van der Waals surface area contributed by atoms with Crippen LogP contribution in [-0.2, 0) is 6.42 Å². The van der Waals surface area contributed by atoms with Gasteiger partial charge in [-0.05, 0) is 54.8 Å². The number of anilines is 1. The second-order valence-corrected chi connectivity index (χ2v) is 9.14. The Morgan fingerprint density at radius 2 is 1.75 bits per heavy atom. The van der Waals surface area contributed by atoms with E-state index in [9.17, 15) is 14.3 Å². The van der Waals surface area contributed by atoms with Gasteiger partial charge in [-0.15, -0.1) is 12.4 Å². The van der Waals surface area contributed by atoms with Gasteiger partial charge in [0.15, 0.2) is 5.78 Å². The van der Waals surface area contributed by atoms with Crippen molar-refractivity contribution in [3.05, 3.63) is 95.3 Å². The van der Waals surface area contributed by atoms with Gasteiger partial charge < -0.3 is 14.7 Å². The van der Waals surface area contributed by atoms with Crippen molar-refractivity contribution < 1.29 is 19.0 Å². The number of aliphatic hydroxyl groups is 1. The highest BCUT2D eigenvalue weighted by atomic mass is 35.5. The maximum atomic E-state index is 13.9. The lowest BCUT2D eigenvalue weighted by atomic mass is 10.0. The van der Waals surface area contributed by atoms with Gasteiger partial charge in [-0.2, -0.15) is 0 Å². The standard InChI is InChI=1S/C29H33FN2O3.ClH/c1-22-6-5-9-25(18-22)32-16-14-31(15-17-32)20-26(33)21-35-29-13-11-24(30)19-27(29)28(34)12-10-23-7-3-2-4-8-23;/h2-9,11,13,18-19,26,33H,10,12,14-17,20-21H2,1H3;1H. The number of β-amino-alcohol motifs (C(OH)–C–C–N with tert-alkyl or cyclic N) is 1. The van der Waals surface area contributed by atoms with Crippen LogP contribution < -0.4 is 9.64 Å². The zero-order valence-corrected chi connectivity index (χ0v) is 21.4. The van der Waals surface area contributed by atoms with Gasteiger partial charge in [0.2, 0.25) is 0 Å². The predicted molar refractivity (Wildman–Crippen MR) is 144 cm³/mol. The Bertz CT molecular complexity index is 1120. The van der Waals surface area contributed by atoms with Crippen LogP contribution in [0.3, 0.4) is 0 Å². The van der Waals surface area contributed by atoms with Crippen LogP contribution in [0.1, 0.15) is 27.9 Å². The molecule has 0 saturated carbocycles. The van der Waals surface area contributed by atoms with Gasteiger partial charge in [0.05, 0.1) is 5.56 Å². The van der Waals surface area contributed by atoms with E-state index in [1.54, 1.807) is 0 Å². The van der Waals surface area contributed by atoms with E-state index < -0.39 is 11.9 Å². The van der Waals surface area contributed by atoms with Crippen LogP contribution in [0.25, 0.3) is 0 Å². The highest BCUT2D eigenvalue weighted by Crippen LogP contribution is 2.23. The molecule has 0 amide bonds. The Morgan fingerprint density at radius 3 is 2.47 bits per heavy atom. The largest absolute Gasteiger partial charge is 0.490 e. The van der Waals surface area contributed by atoms with Crippen LogP contribution in [-0.4, -0.2) is 61.2 Å². The number of carbonyl (C=O) groups excluding carboxylic acids is 1. The molecule has 5 nitrogen and oxygen atoms in total. The summed E-state index contributed by atoms with van der Waals surface area (Å²) < 4.78 is 19.7. The summed E-state index contributed by atoms with van der Waals surface area (Å²) in [5, 5.41) is 10.6. The van der Waals surface area contributed by atoms with Crippen LogP contribution in [0.4, 0.5) is 10.1 Å². The summed E-state index contributed by atoms with van der Waals surface area (Å²) in [7, 11) is 0. The number of ether oxygens (including phenoxy) is 1. The fourth-order valence-corrected chi connectivity index (χ4v) is 4.43. The second-order valence-electron chi connectivity index (χ2n) is 9.14. The Morgan fingerprint density at radius 1 is 1.00 bits per heavy atom. The molecular formula is C29H34ClFN2O3.